The van der Waals surface area contributed by atoms with Crippen molar-refractivity contribution in [1.82, 2.24) is 5.32 Å². The van der Waals surface area contributed by atoms with Crippen LogP contribution >= 0.6 is 0 Å². The fourth-order valence-electron chi connectivity index (χ4n) is 1.50. The number of hydrogen-bond acceptors (Lipinski definition) is 4. The maximum Gasteiger partial charge on any atom is 0.387 e. The molecule has 116 valence electrons. The summed E-state index contributed by atoms with van der Waals surface area (Å²) >= 11 is 0. The summed E-state index contributed by atoms with van der Waals surface area (Å²) in [7, 11) is 0. The Labute approximate surface area is 121 Å². The molecule has 0 atom stereocenters. The predicted octanol–water partition coefficient (Wildman–Crippen LogP) is 2.36. The third-order valence-corrected chi connectivity index (χ3v) is 2.17. The normalized spacial score (nSPS) is 11.1. The second-order valence-corrected chi connectivity index (χ2v) is 5.25. The number of ether oxygens (including phenoxy) is 2. The van der Waals surface area contributed by atoms with E-state index in [1.165, 1.54) is 24.3 Å². The standard InChI is InChI=1S/C14H17F2NO4/c1-14(2,3)17-11(18)8-20-12(19)9-6-4-5-7-10(9)21-13(15)16/h4-7,13H,8H2,1-3H3,(H,17,18). The fraction of sp³-hybridized carbons (Fsp3) is 0.429. The van der Waals surface area contributed by atoms with Gasteiger partial charge in [-0.15, -0.1) is 0 Å². The van der Waals surface area contributed by atoms with Crippen molar-refractivity contribution in [3.63, 3.8) is 0 Å². The molecule has 0 bridgehead atoms. The second kappa shape index (κ2) is 7.01. The molecule has 0 aliphatic carbocycles. The Morgan fingerprint density at radius 3 is 2.43 bits per heavy atom. The molecule has 0 saturated carbocycles. The molecule has 1 aromatic rings. The minimum atomic E-state index is -3.05. The van der Waals surface area contributed by atoms with Crippen molar-refractivity contribution in [3.05, 3.63) is 29.8 Å². The van der Waals surface area contributed by atoms with Gasteiger partial charge in [0.2, 0.25) is 0 Å². The summed E-state index contributed by atoms with van der Waals surface area (Å²) in [6.45, 7) is 1.78. The summed E-state index contributed by atoms with van der Waals surface area (Å²) in [6, 6.07) is 5.42. The van der Waals surface area contributed by atoms with Crippen LogP contribution in [-0.4, -0.2) is 30.6 Å². The molecule has 0 fully saturated rings. The number of hydrogen-bond donors (Lipinski definition) is 1. The topological polar surface area (TPSA) is 64.6 Å². The third-order valence-electron chi connectivity index (χ3n) is 2.17. The Morgan fingerprint density at radius 1 is 1.24 bits per heavy atom. The molecule has 0 unspecified atom stereocenters. The maximum absolute atomic E-state index is 12.2. The maximum atomic E-state index is 12.2. The number of amides is 1. The van der Waals surface area contributed by atoms with Crippen molar-refractivity contribution in [1.29, 1.82) is 0 Å². The molecule has 1 amide bonds. The number of rotatable bonds is 5. The molecule has 0 aliphatic rings. The molecule has 1 N–H and O–H groups in total. The van der Waals surface area contributed by atoms with E-state index in [2.05, 4.69) is 10.1 Å². The van der Waals surface area contributed by atoms with Gasteiger partial charge in [-0.1, -0.05) is 12.1 Å². The zero-order valence-electron chi connectivity index (χ0n) is 12.0. The van der Waals surface area contributed by atoms with Crippen molar-refractivity contribution in [3.8, 4) is 5.75 Å². The Balaban J connectivity index is 2.66. The molecule has 7 heteroatoms. The van der Waals surface area contributed by atoms with Crippen LogP contribution in [0.25, 0.3) is 0 Å². The summed E-state index contributed by atoms with van der Waals surface area (Å²) in [5.41, 5.74) is -0.624. The zero-order chi connectivity index (χ0) is 16.0. The van der Waals surface area contributed by atoms with E-state index < -0.39 is 30.6 Å². The van der Waals surface area contributed by atoms with Crippen molar-refractivity contribution in [2.75, 3.05) is 6.61 Å². The number of nitrogens with one attached hydrogen (secondary N) is 1. The molecule has 21 heavy (non-hydrogen) atoms. The van der Waals surface area contributed by atoms with Gasteiger partial charge in [0.1, 0.15) is 11.3 Å². The molecule has 0 saturated heterocycles. The van der Waals surface area contributed by atoms with Gasteiger partial charge in [0.15, 0.2) is 6.61 Å². The van der Waals surface area contributed by atoms with Gasteiger partial charge in [0.25, 0.3) is 5.91 Å². The summed E-state index contributed by atoms with van der Waals surface area (Å²) in [4.78, 5) is 23.3. The monoisotopic (exact) mass is 301 g/mol. The van der Waals surface area contributed by atoms with E-state index in [-0.39, 0.29) is 11.3 Å². The van der Waals surface area contributed by atoms with E-state index in [4.69, 9.17) is 4.74 Å². The number of alkyl halides is 2. The predicted molar refractivity (Wildman–Crippen MR) is 71.3 cm³/mol. The van der Waals surface area contributed by atoms with Crippen LogP contribution in [0.1, 0.15) is 31.1 Å². The number of esters is 1. The van der Waals surface area contributed by atoms with Gasteiger partial charge in [0.05, 0.1) is 0 Å². The number of carbonyl (C=O) groups excluding carboxylic acids is 2. The first-order valence-corrected chi connectivity index (χ1v) is 6.21. The van der Waals surface area contributed by atoms with Crippen molar-refractivity contribution < 1.29 is 27.8 Å². The Hall–Kier alpha value is -2.18. The smallest absolute Gasteiger partial charge is 0.387 e. The van der Waals surface area contributed by atoms with Crippen LogP contribution in [-0.2, 0) is 9.53 Å². The molecule has 1 rings (SSSR count). The van der Waals surface area contributed by atoms with E-state index in [1.807, 2.05) is 0 Å². The lowest BCUT2D eigenvalue weighted by atomic mass is 10.1. The minimum Gasteiger partial charge on any atom is -0.452 e. The van der Waals surface area contributed by atoms with Crippen LogP contribution in [0.3, 0.4) is 0 Å². The van der Waals surface area contributed by atoms with Crippen molar-refractivity contribution in [2.45, 2.75) is 32.9 Å². The van der Waals surface area contributed by atoms with Crippen LogP contribution in [0.2, 0.25) is 0 Å². The number of para-hydroxylation sites is 1. The lowest BCUT2D eigenvalue weighted by Gasteiger charge is -2.20. The summed E-state index contributed by atoms with van der Waals surface area (Å²) < 4.78 is 33.5. The molecular weight excluding hydrogens is 284 g/mol. The first-order valence-electron chi connectivity index (χ1n) is 6.21. The van der Waals surface area contributed by atoms with Crippen LogP contribution in [0.4, 0.5) is 8.78 Å². The second-order valence-electron chi connectivity index (χ2n) is 5.25. The number of carbonyl (C=O) groups is 2. The highest BCUT2D eigenvalue weighted by Crippen LogP contribution is 2.21. The van der Waals surface area contributed by atoms with E-state index in [0.717, 1.165) is 0 Å². The van der Waals surface area contributed by atoms with Gasteiger partial charge < -0.3 is 14.8 Å². The van der Waals surface area contributed by atoms with Gasteiger partial charge in [-0.25, -0.2) is 4.79 Å². The Morgan fingerprint density at radius 2 is 1.86 bits per heavy atom. The lowest BCUT2D eigenvalue weighted by Crippen LogP contribution is -2.42. The highest BCUT2D eigenvalue weighted by Gasteiger charge is 2.19. The highest BCUT2D eigenvalue weighted by molar-refractivity contribution is 5.94. The Kier molecular flexibility index (Phi) is 5.63. The van der Waals surface area contributed by atoms with Crippen molar-refractivity contribution >= 4 is 11.9 Å². The van der Waals surface area contributed by atoms with Crippen LogP contribution in [0.5, 0.6) is 5.75 Å². The average molecular weight is 301 g/mol. The van der Waals surface area contributed by atoms with Crippen LogP contribution in [0, 0.1) is 0 Å². The number of benzene rings is 1. The van der Waals surface area contributed by atoms with Gasteiger partial charge in [0, 0.05) is 5.54 Å². The summed E-state index contributed by atoms with van der Waals surface area (Å²) in [5.74, 6) is -1.69. The molecular formula is C14H17F2NO4. The first kappa shape index (κ1) is 16.9. The summed E-state index contributed by atoms with van der Waals surface area (Å²) in [6.07, 6.45) is 0. The molecule has 0 heterocycles. The van der Waals surface area contributed by atoms with E-state index >= 15 is 0 Å². The SMILES string of the molecule is CC(C)(C)NC(=O)COC(=O)c1ccccc1OC(F)F. The van der Waals surface area contributed by atoms with Gasteiger partial charge in [-0.3, -0.25) is 4.79 Å². The molecule has 0 aromatic heterocycles. The molecule has 5 nitrogen and oxygen atoms in total. The van der Waals surface area contributed by atoms with E-state index in [9.17, 15) is 18.4 Å². The van der Waals surface area contributed by atoms with E-state index in [0.29, 0.717) is 0 Å². The van der Waals surface area contributed by atoms with Crippen LogP contribution < -0.4 is 10.1 Å². The third kappa shape index (κ3) is 6.20. The first-order chi connectivity index (χ1) is 9.69. The van der Waals surface area contributed by atoms with Crippen molar-refractivity contribution in [2.24, 2.45) is 0 Å². The lowest BCUT2D eigenvalue weighted by molar-refractivity contribution is -0.125. The van der Waals surface area contributed by atoms with Gasteiger partial charge in [-0.2, -0.15) is 8.78 Å². The zero-order valence-corrected chi connectivity index (χ0v) is 12.0. The van der Waals surface area contributed by atoms with Gasteiger partial charge in [-0.05, 0) is 32.9 Å². The van der Waals surface area contributed by atoms with Crippen LogP contribution in [0.15, 0.2) is 24.3 Å². The van der Waals surface area contributed by atoms with E-state index in [1.54, 1.807) is 20.8 Å². The largest absolute Gasteiger partial charge is 0.452 e. The fourth-order valence-corrected chi connectivity index (χ4v) is 1.50. The average Bonchev–Trinajstić information content (AvgIpc) is 2.34. The highest BCUT2D eigenvalue weighted by atomic mass is 19.3. The number of halogens is 2. The quantitative estimate of drug-likeness (QED) is 0.848. The molecule has 0 spiro atoms. The molecule has 0 aliphatic heterocycles. The summed E-state index contributed by atoms with van der Waals surface area (Å²) in [5, 5.41) is 2.61. The Bertz CT molecular complexity index is 512. The van der Waals surface area contributed by atoms with Gasteiger partial charge >= 0.3 is 12.6 Å². The minimum absolute atomic E-state index is 0.165. The molecule has 1 aromatic carbocycles. The molecule has 0 radical (unpaired) electrons.